The van der Waals surface area contributed by atoms with Gasteiger partial charge in [0.1, 0.15) is 5.75 Å². The molecule has 0 aromatic heterocycles. The fourth-order valence-electron chi connectivity index (χ4n) is 1.90. The predicted octanol–water partition coefficient (Wildman–Crippen LogP) is 6.53. The van der Waals surface area contributed by atoms with Crippen LogP contribution in [0.1, 0.15) is 12.5 Å². The van der Waals surface area contributed by atoms with Crippen molar-refractivity contribution in [3.63, 3.8) is 0 Å². The summed E-state index contributed by atoms with van der Waals surface area (Å²) in [6, 6.07) is 9.36. The van der Waals surface area contributed by atoms with Crippen molar-refractivity contribution < 1.29 is 4.74 Å². The van der Waals surface area contributed by atoms with Crippen molar-refractivity contribution in [2.45, 2.75) is 13.5 Å². The number of nitrogens with one attached hydrogen (secondary N) is 1. The van der Waals surface area contributed by atoms with Gasteiger partial charge in [-0.2, -0.15) is 0 Å². The third kappa shape index (κ3) is 4.78. The van der Waals surface area contributed by atoms with Crippen LogP contribution in [0.4, 0.5) is 5.69 Å². The average Bonchev–Trinajstić information content (AvgIpc) is 2.38. The molecule has 112 valence electrons. The molecule has 0 heterocycles. The van der Waals surface area contributed by atoms with E-state index in [4.69, 9.17) is 27.9 Å². The molecule has 2 aromatic carbocycles. The standard InChI is InChI=1S/C15H13Br2Cl2NO/c1-2-21-15-9(3-10(16)4-14(15)17)8-20-13-6-11(18)5-12(19)7-13/h3-7,20H,2,8H2,1H3. The lowest BCUT2D eigenvalue weighted by Gasteiger charge is -2.14. The van der Waals surface area contributed by atoms with Crippen LogP contribution in [0, 0.1) is 0 Å². The Kier molecular flexibility index (Phi) is 6.23. The van der Waals surface area contributed by atoms with Crippen LogP contribution in [0.3, 0.4) is 0 Å². The number of rotatable bonds is 5. The maximum absolute atomic E-state index is 6.00. The van der Waals surface area contributed by atoms with Crippen LogP contribution in [-0.4, -0.2) is 6.61 Å². The third-order valence-corrected chi connectivity index (χ3v) is 4.20. The molecule has 0 spiro atoms. The molecule has 0 aliphatic carbocycles. The second-order valence-electron chi connectivity index (χ2n) is 4.32. The molecule has 1 N–H and O–H groups in total. The average molecular weight is 454 g/mol. The molecular weight excluding hydrogens is 441 g/mol. The minimum atomic E-state index is 0.601. The Hall–Kier alpha value is -0.420. The molecule has 0 radical (unpaired) electrons. The van der Waals surface area contributed by atoms with Crippen LogP contribution in [0.5, 0.6) is 5.75 Å². The van der Waals surface area contributed by atoms with Crippen LogP contribution in [-0.2, 0) is 6.54 Å². The summed E-state index contributed by atoms with van der Waals surface area (Å²) in [6.45, 7) is 3.17. The summed E-state index contributed by atoms with van der Waals surface area (Å²) in [5, 5.41) is 4.51. The first-order valence-electron chi connectivity index (χ1n) is 6.30. The molecule has 0 aliphatic heterocycles. The lowest BCUT2D eigenvalue weighted by Crippen LogP contribution is -2.04. The predicted molar refractivity (Wildman–Crippen MR) is 96.8 cm³/mol. The molecule has 0 amide bonds. The maximum Gasteiger partial charge on any atom is 0.138 e. The lowest BCUT2D eigenvalue weighted by atomic mass is 10.2. The van der Waals surface area contributed by atoms with E-state index in [2.05, 4.69) is 37.2 Å². The Morgan fingerprint density at radius 1 is 1.05 bits per heavy atom. The van der Waals surface area contributed by atoms with E-state index >= 15 is 0 Å². The summed E-state index contributed by atoms with van der Waals surface area (Å²) in [5.74, 6) is 0.835. The van der Waals surface area contributed by atoms with E-state index in [1.807, 2.05) is 31.2 Å². The van der Waals surface area contributed by atoms with Crippen LogP contribution < -0.4 is 10.1 Å². The lowest BCUT2D eigenvalue weighted by molar-refractivity contribution is 0.334. The van der Waals surface area contributed by atoms with Crippen molar-refractivity contribution >= 4 is 60.7 Å². The Morgan fingerprint density at radius 3 is 2.33 bits per heavy atom. The van der Waals surface area contributed by atoms with Crippen molar-refractivity contribution in [1.29, 1.82) is 0 Å². The van der Waals surface area contributed by atoms with E-state index in [0.717, 1.165) is 25.9 Å². The summed E-state index contributed by atoms with van der Waals surface area (Å²) < 4.78 is 7.60. The van der Waals surface area contributed by atoms with Gasteiger partial charge in [0.15, 0.2) is 0 Å². The zero-order valence-electron chi connectivity index (χ0n) is 11.2. The van der Waals surface area contributed by atoms with Crippen molar-refractivity contribution in [3.05, 3.63) is 54.9 Å². The highest BCUT2D eigenvalue weighted by molar-refractivity contribution is 9.11. The maximum atomic E-state index is 6.00. The molecule has 0 fully saturated rings. The van der Waals surface area contributed by atoms with Gasteiger partial charge >= 0.3 is 0 Å². The quantitative estimate of drug-likeness (QED) is 0.555. The zero-order chi connectivity index (χ0) is 15.4. The van der Waals surface area contributed by atoms with Gasteiger partial charge in [0.25, 0.3) is 0 Å². The van der Waals surface area contributed by atoms with Gasteiger partial charge in [0, 0.05) is 32.3 Å². The summed E-state index contributed by atoms with van der Waals surface area (Å²) in [7, 11) is 0. The van der Waals surface area contributed by atoms with Gasteiger partial charge in [-0.05, 0) is 53.2 Å². The number of halogens is 4. The SMILES string of the molecule is CCOc1c(Br)cc(Br)cc1CNc1cc(Cl)cc(Cl)c1. The van der Waals surface area contributed by atoms with Crippen molar-refractivity contribution in [2.75, 3.05) is 11.9 Å². The van der Waals surface area contributed by atoms with Crippen LogP contribution in [0.15, 0.2) is 39.3 Å². The van der Waals surface area contributed by atoms with Crippen molar-refractivity contribution in [2.24, 2.45) is 0 Å². The first-order chi connectivity index (χ1) is 9.99. The highest BCUT2D eigenvalue weighted by atomic mass is 79.9. The van der Waals surface area contributed by atoms with E-state index in [1.54, 1.807) is 6.07 Å². The Labute approximate surface area is 151 Å². The van der Waals surface area contributed by atoms with Crippen LogP contribution >= 0.6 is 55.1 Å². The number of hydrogen-bond acceptors (Lipinski definition) is 2. The monoisotopic (exact) mass is 451 g/mol. The van der Waals surface area contributed by atoms with Crippen molar-refractivity contribution in [3.8, 4) is 5.75 Å². The number of benzene rings is 2. The van der Waals surface area contributed by atoms with E-state index in [1.165, 1.54) is 0 Å². The van der Waals surface area contributed by atoms with E-state index in [-0.39, 0.29) is 0 Å². The van der Waals surface area contributed by atoms with Crippen LogP contribution in [0.2, 0.25) is 10.0 Å². The topological polar surface area (TPSA) is 21.3 Å². The second-order valence-corrected chi connectivity index (χ2v) is 6.96. The van der Waals surface area contributed by atoms with E-state index in [0.29, 0.717) is 23.2 Å². The van der Waals surface area contributed by atoms with E-state index in [9.17, 15) is 0 Å². The molecule has 0 saturated carbocycles. The van der Waals surface area contributed by atoms with Gasteiger partial charge in [-0.15, -0.1) is 0 Å². The van der Waals surface area contributed by atoms with Gasteiger partial charge in [-0.3, -0.25) is 0 Å². The van der Waals surface area contributed by atoms with Crippen LogP contribution in [0.25, 0.3) is 0 Å². The molecule has 0 saturated heterocycles. The molecule has 0 aliphatic rings. The summed E-state index contributed by atoms with van der Waals surface area (Å²) in [4.78, 5) is 0. The molecule has 6 heteroatoms. The highest BCUT2D eigenvalue weighted by Gasteiger charge is 2.10. The van der Waals surface area contributed by atoms with Gasteiger partial charge in [0.05, 0.1) is 11.1 Å². The molecule has 2 nitrogen and oxygen atoms in total. The summed E-state index contributed by atoms with van der Waals surface area (Å²) in [5.41, 5.74) is 1.90. The molecule has 21 heavy (non-hydrogen) atoms. The first-order valence-corrected chi connectivity index (χ1v) is 8.64. The molecule has 0 unspecified atom stereocenters. The van der Waals surface area contributed by atoms with Gasteiger partial charge in [-0.25, -0.2) is 0 Å². The summed E-state index contributed by atoms with van der Waals surface area (Å²) in [6.07, 6.45) is 0. The number of ether oxygens (including phenoxy) is 1. The van der Waals surface area contributed by atoms with E-state index < -0.39 is 0 Å². The normalized spacial score (nSPS) is 10.5. The molecular formula is C15H13Br2Cl2NO. The fourth-order valence-corrected chi connectivity index (χ4v) is 3.86. The van der Waals surface area contributed by atoms with Gasteiger partial charge < -0.3 is 10.1 Å². The minimum absolute atomic E-state index is 0.601. The molecule has 2 aromatic rings. The minimum Gasteiger partial charge on any atom is -0.492 e. The highest BCUT2D eigenvalue weighted by Crippen LogP contribution is 2.33. The number of anilines is 1. The summed E-state index contributed by atoms with van der Waals surface area (Å²) >= 11 is 19.0. The fraction of sp³-hybridized carbons (Fsp3) is 0.200. The largest absolute Gasteiger partial charge is 0.492 e. The first kappa shape index (κ1) is 16.9. The molecule has 2 rings (SSSR count). The van der Waals surface area contributed by atoms with Gasteiger partial charge in [-0.1, -0.05) is 39.1 Å². The smallest absolute Gasteiger partial charge is 0.138 e. The Balaban J connectivity index is 2.22. The molecule has 0 bridgehead atoms. The van der Waals surface area contributed by atoms with Crippen molar-refractivity contribution in [1.82, 2.24) is 0 Å². The second kappa shape index (κ2) is 7.73. The molecule has 0 atom stereocenters. The number of hydrogen-bond donors (Lipinski definition) is 1. The third-order valence-electron chi connectivity index (χ3n) is 2.72. The Morgan fingerprint density at radius 2 is 1.71 bits per heavy atom. The Bertz CT molecular complexity index is 630. The zero-order valence-corrected chi connectivity index (χ0v) is 15.9. The van der Waals surface area contributed by atoms with Gasteiger partial charge in [0.2, 0.25) is 0 Å².